The Morgan fingerprint density at radius 1 is 1.50 bits per heavy atom. The molecule has 2 atom stereocenters. The molecule has 0 heterocycles. The average Bonchev–Trinajstić information content (AvgIpc) is 2.55. The van der Waals surface area contributed by atoms with E-state index >= 15 is 0 Å². The summed E-state index contributed by atoms with van der Waals surface area (Å²) in [6, 6.07) is 5.25. The number of nitrogens with two attached hydrogens (primary N) is 1. The SMILES string of the molecule is CC1C(=Nc2cc(N)ccc2Cl)CCC1O. The highest BCUT2D eigenvalue weighted by Crippen LogP contribution is 2.31. The van der Waals surface area contributed by atoms with Gasteiger partial charge in [0.05, 0.1) is 16.8 Å². The molecular weight excluding hydrogens is 224 g/mol. The number of hydrogen-bond donors (Lipinski definition) is 2. The average molecular weight is 239 g/mol. The van der Waals surface area contributed by atoms with E-state index in [0.717, 1.165) is 18.6 Å². The molecule has 1 aliphatic rings. The van der Waals surface area contributed by atoms with Gasteiger partial charge < -0.3 is 10.8 Å². The second-order valence-electron chi connectivity index (χ2n) is 4.21. The second kappa shape index (κ2) is 4.44. The maximum Gasteiger partial charge on any atom is 0.0835 e. The Balaban J connectivity index is 2.32. The highest BCUT2D eigenvalue weighted by atomic mass is 35.5. The monoisotopic (exact) mass is 238 g/mol. The maximum atomic E-state index is 9.63. The normalized spacial score (nSPS) is 27.6. The third kappa shape index (κ3) is 2.20. The molecule has 3 N–H and O–H groups in total. The van der Waals surface area contributed by atoms with Crippen molar-refractivity contribution < 1.29 is 5.11 Å². The van der Waals surface area contributed by atoms with E-state index in [1.165, 1.54) is 0 Å². The van der Waals surface area contributed by atoms with Crippen LogP contribution in [0.15, 0.2) is 23.2 Å². The number of hydrogen-bond acceptors (Lipinski definition) is 3. The minimum absolute atomic E-state index is 0.109. The van der Waals surface area contributed by atoms with E-state index in [2.05, 4.69) is 4.99 Å². The minimum Gasteiger partial charge on any atom is -0.399 e. The van der Waals surface area contributed by atoms with Gasteiger partial charge in [-0.05, 0) is 31.0 Å². The molecule has 86 valence electrons. The Labute approximate surface area is 99.9 Å². The molecule has 0 saturated heterocycles. The van der Waals surface area contributed by atoms with Crippen molar-refractivity contribution in [3.8, 4) is 0 Å². The Morgan fingerprint density at radius 3 is 2.88 bits per heavy atom. The van der Waals surface area contributed by atoms with Gasteiger partial charge in [-0.15, -0.1) is 0 Å². The summed E-state index contributed by atoms with van der Waals surface area (Å²) in [6.07, 6.45) is 1.33. The van der Waals surface area contributed by atoms with E-state index in [4.69, 9.17) is 17.3 Å². The van der Waals surface area contributed by atoms with E-state index in [9.17, 15) is 5.11 Å². The number of nitrogen functional groups attached to an aromatic ring is 1. The molecule has 0 aliphatic heterocycles. The fraction of sp³-hybridized carbons (Fsp3) is 0.417. The quantitative estimate of drug-likeness (QED) is 0.740. The van der Waals surface area contributed by atoms with Crippen molar-refractivity contribution in [3.63, 3.8) is 0 Å². The molecule has 16 heavy (non-hydrogen) atoms. The third-order valence-electron chi connectivity index (χ3n) is 3.03. The number of aliphatic imine (C=N–C) groups is 1. The summed E-state index contributed by atoms with van der Waals surface area (Å²) in [5.74, 6) is 0.109. The molecule has 0 aromatic heterocycles. The summed E-state index contributed by atoms with van der Waals surface area (Å²) >= 11 is 6.03. The van der Waals surface area contributed by atoms with Crippen LogP contribution in [-0.2, 0) is 0 Å². The van der Waals surface area contributed by atoms with Gasteiger partial charge in [0.15, 0.2) is 0 Å². The fourth-order valence-corrected chi connectivity index (χ4v) is 2.08. The third-order valence-corrected chi connectivity index (χ3v) is 3.35. The van der Waals surface area contributed by atoms with E-state index in [-0.39, 0.29) is 12.0 Å². The Morgan fingerprint density at radius 2 is 2.25 bits per heavy atom. The molecule has 1 fully saturated rings. The van der Waals surface area contributed by atoms with Crippen molar-refractivity contribution in [3.05, 3.63) is 23.2 Å². The number of nitrogens with zero attached hydrogens (tertiary/aromatic N) is 1. The van der Waals surface area contributed by atoms with E-state index in [1.54, 1.807) is 18.2 Å². The molecule has 2 rings (SSSR count). The van der Waals surface area contributed by atoms with Crippen molar-refractivity contribution in [2.24, 2.45) is 10.9 Å². The first kappa shape index (κ1) is 11.4. The molecule has 4 heteroatoms. The number of benzene rings is 1. The van der Waals surface area contributed by atoms with Crippen LogP contribution in [0.2, 0.25) is 5.02 Å². The predicted molar refractivity (Wildman–Crippen MR) is 67.4 cm³/mol. The van der Waals surface area contributed by atoms with Crippen LogP contribution < -0.4 is 5.73 Å². The van der Waals surface area contributed by atoms with Crippen molar-refractivity contribution in [2.45, 2.75) is 25.9 Å². The van der Waals surface area contributed by atoms with Gasteiger partial charge in [0.2, 0.25) is 0 Å². The van der Waals surface area contributed by atoms with E-state index in [1.807, 2.05) is 6.92 Å². The number of halogens is 1. The number of rotatable bonds is 1. The lowest BCUT2D eigenvalue weighted by Crippen LogP contribution is -2.14. The van der Waals surface area contributed by atoms with Crippen LogP contribution in [-0.4, -0.2) is 16.9 Å². The summed E-state index contributed by atoms with van der Waals surface area (Å²) in [5.41, 5.74) is 8.03. The number of aliphatic hydroxyl groups excluding tert-OH is 1. The van der Waals surface area contributed by atoms with Crippen molar-refractivity contribution in [1.82, 2.24) is 0 Å². The van der Waals surface area contributed by atoms with Gasteiger partial charge in [0, 0.05) is 17.3 Å². The van der Waals surface area contributed by atoms with E-state index < -0.39 is 0 Å². The Kier molecular flexibility index (Phi) is 3.17. The fourth-order valence-electron chi connectivity index (χ4n) is 1.92. The maximum absolute atomic E-state index is 9.63. The number of anilines is 1. The van der Waals surface area contributed by atoms with E-state index in [0.29, 0.717) is 16.4 Å². The van der Waals surface area contributed by atoms with Gasteiger partial charge in [-0.2, -0.15) is 0 Å². The summed E-state index contributed by atoms with van der Waals surface area (Å²) < 4.78 is 0. The van der Waals surface area contributed by atoms with Crippen LogP contribution in [0.3, 0.4) is 0 Å². The molecule has 0 radical (unpaired) electrons. The van der Waals surface area contributed by atoms with Crippen molar-refractivity contribution in [1.29, 1.82) is 0 Å². The highest BCUT2D eigenvalue weighted by molar-refractivity contribution is 6.33. The predicted octanol–water partition coefficient (Wildman–Crippen LogP) is 2.79. The van der Waals surface area contributed by atoms with Gasteiger partial charge in [0.1, 0.15) is 0 Å². The molecule has 3 nitrogen and oxygen atoms in total. The first-order chi connectivity index (χ1) is 7.58. The van der Waals surface area contributed by atoms with Gasteiger partial charge in [0.25, 0.3) is 0 Å². The van der Waals surface area contributed by atoms with Gasteiger partial charge in [-0.1, -0.05) is 18.5 Å². The van der Waals surface area contributed by atoms with Gasteiger partial charge >= 0.3 is 0 Å². The minimum atomic E-state index is -0.279. The standard InChI is InChI=1S/C12H15ClN2O/c1-7-10(4-5-12(7)16)15-11-6-8(14)2-3-9(11)13/h2-3,6-7,12,16H,4-5,14H2,1H3. The van der Waals surface area contributed by atoms with Crippen LogP contribution in [0.4, 0.5) is 11.4 Å². The molecule has 0 amide bonds. The molecule has 1 aromatic carbocycles. The lowest BCUT2D eigenvalue weighted by molar-refractivity contribution is 0.154. The van der Waals surface area contributed by atoms with Crippen LogP contribution in [0, 0.1) is 5.92 Å². The first-order valence-corrected chi connectivity index (χ1v) is 5.76. The highest BCUT2D eigenvalue weighted by Gasteiger charge is 2.27. The zero-order valence-electron chi connectivity index (χ0n) is 9.15. The Bertz CT molecular complexity index is 431. The topological polar surface area (TPSA) is 58.6 Å². The van der Waals surface area contributed by atoms with Crippen LogP contribution >= 0.6 is 11.6 Å². The van der Waals surface area contributed by atoms with Gasteiger partial charge in [-0.25, -0.2) is 0 Å². The summed E-state index contributed by atoms with van der Waals surface area (Å²) in [5, 5.41) is 10.2. The molecule has 0 spiro atoms. The zero-order chi connectivity index (χ0) is 11.7. The van der Waals surface area contributed by atoms with Gasteiger partial charge in [-0.3, -0.25) is 4.99 Å². The summed E-state index contributed by atoms with van der Waals surface area (Å²) in [6.45, 7) is 1.98. The molecule has 0 bridgehead atoms. The molecule has 1 saturated carbocycles. The molecule has 1 aromatic rings. The first-order valence-electron chi connectivity index (χ1n) is 5.38. The summed E-state index contributed by atoms with van der Waals surface area (Å²) in [7, 11) is 0. The molecular formula is C12H15ClN2O. The second-order valence-corrected chi connectivity index (χ2v) is 4.62. The summed E-state index contributed by atoms with van der Waals surface area (Å²) in [4.78, 5) is 4.49. The van der Waals surface area contributed by atoms with Crippen LogP contribution in [0.5, 0.6) is 0 Å². The smallest absolute Gasteiger partial charge is 0.0835 e. The largest absolute Gasteiger partial charge is 0.399 e. The molecule has 2 unspecified atom stereocenters. The lowest BCUT2D eigenvalue weighted by Gasteiger charge is -2.09. The van der Waals surface area contributed by atoms with Crippen LogP contribution in [0.1, 0.15) is 19.8 Å². The van der Waals surface area contributed by atoms with Crippen molar-refractivity contribution >= 4 is 28.7 Å². The zero-order valence-corrected chi connectivity index (χ0v) is 9.91. The molecule has 1 aliphatic carbocycles. The van der Waals surface area contributed by atoms with Crippen molar-refractivity contribution in [2.75, 3.05) is 5.73 Å². The number of aliphatic hydroxyl groups is 1. The van der Waals surface area contributed by atoms with Crippen LogP contribution in [0.25, 0.3) is 0 Å². The Hall–Kier alpha value is -1.06. The lowest BCUT2D eigenvalue weighted by atomic mass is 10.1.